The van der Waals surface area contributed by atoms with Crippen LogP contribution in [0, 0.1) is 6.92 Å². The summed E-state index contributed by atoms with van der Waals surface area (Å²) in [7, 11) is 0. The van der Waals surface area contributed by atoms with Gasteiger partial charge in [-0.3, -0.25) is 9.69 Å². The molecule has 3 N–H and O–H groups in total. The maximum Gasteiger partial charge on any atom is 0.347 e. The number of aryl methyl sites for hydroxylation is 1. The highest BCUT2D eigenvalue weighted by Gasteiger charge is 2.32. The molecular weight excluding hydrogens is 384 g/mol. The number of anilines is 2. The molecule has 1 aliphatic heterocycles. The number of hydrogen-bond acceptors (Lipinski definition) is 4. The molecule has 1 unspecified atom stereocenters. The molecule has 152 valence electrons. The number of aliphatic imine (C=N–C) groups is 1. The van der Waals surface area contributed by atoms with Gasteiger partial charge in [0.2, 0.25) is 5.91 Å². The number of nitrogens with two attached hydrogens (primary N) is 1. The van der Waals surface area contributed by atoms with Crippen LogP contribution in [0.3, 0.4) is 0 Å². The van der Waals surface area contributed by atoms with E-state index in [2.05, 4.69) is 24.2 Å². The molecule has 0 aromatic heterocycles. The van der Waals surface area contributed by atoms with Crippen LogP contribution >= 0.6 is 11.8 Å². The second-order valence-electron chi connectivity index (χ2n) is 7.47. The Hall–Kier alpha value is -2.64. The van der Waals surface area contributed by atoms with Crippen molar-refractivity contribution in [1.29, 1.82) is 0 Å². The normalized spacial score (nSPS) is 16.6. The first-order valence-corrected chi connectivity index (χ1v) is 10.6. The molecule has 1 aliphatic rings. The molecule has 0 saturated carbocycles. The van der Waals surface area contributed by atoms with Gasteiger partial charge in [-0.05, 0) is 54.7 Å². The van der Waals surface area contributed by atoms with Crippen LogP contribution in [0.4, 0.5) is 16.2 Å². The average molecular weight is 411 g/mol. The van der Waals surface area contributed by atoms with Crippen molar-refractivity contribution in [3.05, 3.63) is 59.2 Å². The minimum atomic E-state index is -0.514. The van der Waals surface area contributed by atoms with E-state index in [0.29, 0.717) is 10.9 Å². The summed E-state index contributed by atoms with van der Waals surface area (Å²) in [5.74, 6) is 0.429. The van der Waals surface area contributed by atoms with Gasteiger partial charge >= 0.3 is 6.03 Å². The summed E-state index contributed by atoms with van der Waals surface area (Å²) in [5, 5.41) is 3.15. The molecule has 3 rings (SSSR count). The van der Waals surface area contributed by atoms with Gasteiger partial charge in [0, 0.05) is 11.7 Å². The quantitative estimate of drug-likeness (QED) is 0.757. The molecule has 2 aromatic rings. The van der Waals surface area contributed by atoms with Gasteiger partial charge in [-0.15, -0.1) is 0 Å². The van der Waals surface area contributed by atoms with Gasteiger partial charge in [0.25, 0.3) is 0 Å². The Balaban J connectivity index is 1.85. The maximum atomic E-state index is 12.6. The summed E-state index contributed by atoms with van der Waals surface area (Å²) in [5.41, 5.74) is 10.4. The number of nitrogens with one attached hydrogen (secondary N) is 1. The maximum absolute atomic E-state index is 12.6. The van der Waals surface area contributed by atoms with Crippen LogP contribution in [0.25, 0.3) is 0 Å². The van der Waals surface area contributed by atoms with E-state index in [-0.39, 0.29) is 23.6 Å². The van der Waals surface area contributed by atoms with Gasteiger partial charge in [0.05, 0.1) is 11.4 Å². The molecule has 2 aromatic carbocycles. The predicted molar refractivity (Wildman–Crippen MR) is 121 cm³/mol. The zero-order valence-electron chi connectivity index (χ0n) is 17.1. The molecule has 1 fully saturated rings. The van der Waals surface area contributed by atoms with E-state index in [4.69, 9.17) is 5.73 Å². The van der Waals surface area contributed by atoms with Gasteiger partial charge in [-0.1, -0.05) is 49.9 Å². The molecule has 0 bridgehead atoms. The number of hydrogen-bond donors (Lipinski definition) is 2. The first-order chi connectivity index (χ1) is 13.8. The van der Waals surface area contributed by atoms with Crippen molar-refractivity contribution in [1.82, 2.24) is 0 Å². The van der Waals surface area contributed by atoms with Gasteiger partial charge < -0.3 is 11.1 Å². The Morgan fingerprint density at radius 1 is 1.17 bits per heavy atom. The van der Waals surface area contributed by atoms with E-state index in [1.807, 2.05) is 44.2 Å². The third-order valence-corrected chi connectivity index (χ3v) is 5.62. The first kappa shape index (κ1) is 21.1. The number of carbonyl (C=O) groups is 2. The number of carbonyl (C=O) groups excluding carboxylic acids is 2. The van der Waals surface area contributed by atoms with Crippen LogP contribution in [-0.2, 0) is 4.79 Å². The SMILES string of the molecule is Cc1ccc(C(C)C)c(N2C(=O)CSC2=NC(=O)Nc2ccc(C(C)N)cc2)c1. The van der Waals surface area contributed by atoms with Gasteiger partial charge in [0.15, 0.2) is 5.17 Å². The molecule has 0 spiro atoms. The van der Waals surface area contributed by atoms with E-state index in [9.17, 15) is 9.59 Å². The number of rotatable bonds is 4. The van der Waals surface area contributed by atoms with Crippen LogP contribution in [0.5, 0.6) is 0 Å². The van der Waals surface area contributed by atoms with E-state index in [1.54, 1.807) is 17.0 Å². The summed E-state index contributed by atoms with van der Waals surface area (Å²) < 4.78 is 0. The van der Waals surface area contributed by atoms with Crippen molar-refractivity contribution in [3.63, 3.8) is 0 Å². The van der Waals surface area contributed by atoms with Crippen LogP contribution in [0.15, 0.2) is 47.5 Å². The highest BCUT2D eigenvalue weighted by atomic mass is 32.2. The lowest BCUT2D eigenvalue weighted by atomic mass is 9.99. The zero-order chi connectivity index (χ0) is 21.1. The number of nitrogens with zero attached hydrogens (tertiary/aromatic N) is 2. The topological polar surface area (TPSA) is 87.8 Å². The Morgan fingerprint density at radius 3 is 2.48 bits per heavy atom. The van der Waals surface area contributed by atoms with Crippen molar-refractivity contribution in [2.75, 3.05) is 16.0 Å². The fourth-order valence-corrected chi connectivity index (χ4v) is 3.98. The fourth-order valence-electron chi connectivity index (χ4n) is 3.13. The van der Waals surface area contributed by atoms with E-state index < -0.39 is 6.03 Å². The Kier molecular flexibility index (Phi) is 6.39. The van der Waals surface area contributed by atoms with E-state index >= 15 is 0 Å². The predicted octanol–water partition coefficient (Wildman–Crippen LogP) is 4.81. The number of thioether (sulfide) groups is 1. The first-order valence-electron chi connectivity index (χ1n) is 9.57. The molecule has 0 aliphatic carbocycles. The number of amidine groups is 1. The monoisotopic (exact) mass is 410 g/mol. The van der Waals surface area contributed by atoms with Gasteiger partial charge in [-0.25, -0.2) is 4.79 Å². The van der Waals surface area contributed by atoms with Crippen molar-refractivity contribution < 1.29 is 9.59 Å². The Bertz CT molecular complexity index is 952. The van der Waals surface area contributed by atoms with Gasteiger partial charge in [-0.2, -0.15) is 4.99 Å². The standard InChI is InChI=1S/C22H26N4O2S/c1-13(2)18-10-5-14(3)11-19(18)26-20(27)12-29-22(26)25-21(28)24-17-8-6-16(7-9-17)15(4)23/h5-11,13,15H,12,23H2,1-4H3,(H,24,28). The largest absolute Gasteiger partial charge is 0.347 e. The molecule has 1 heterocycles. The summed E-state index contributed by atoms with van der Waals surface area (Å²) >= 11 is 1.27. The number of amides is 3. The molecule has 29 heavy (non-hydrogen) atoms. The zero-order valence-corrected chi connectivity index (χ0v) is 17.9. The van der Waals surface area contributed by atoms with E-state index in [1.165, 1.54) is 11.8 Å². The van der Waals surface area contributed by atoms with Crippen molar-refractivity contribution in [2.24, 2.45) is 10.7 Å². The highest BCUT2D eigenvalue weighted by molar-refractivity contribution is 8.15. The van der Waals surface area contributed by atoms with E-state index in [0.717, 1.165) is 22.4 Å². The molecule has 1 saturated heterocycles. The number of urea groups is 1. The molecule has 6 nitrogen and oxygen atoms in total. The van der Waals surface area contributed by atoms with Crippen LogP contribution in [0.2, 0.25) is 0 Å². The van der Waals surface area contributed by atoms with Crippen LogP contribution < -0.4 is 16.0 Å². The minimum Gasteiger partial charge on any atom is -0.324 e. The van der Waals surface area contributed by atoms with Crippen LogP contribution in [-0.4, -0.2) is 22.9 Å². The van der Waals surface area contributed by atoms with Gasteiger partial charge in [0.1, 0.15) is 0 Å². The highest BCUT2D eigenvalue weighted by Crippen LogP contribution is 2.34. The molecule has 1 atom stereocenters. The van der Waals surface area contributed by atoms with Crippen molar-refractivity contribution in [3.8, 4) is 0 Å². The third-order valence-electron chi connectivity index (χ3n) is 4.70. The summed E-state index contributed by atoms with van der Waals surface area (Å²) in [6.07, 6.45) is 0. The Labute approximate surface area is 175 Å². The summed E-state index contributed by atoms with van der Waals surface area (Å²) in [4.78, 5) is 30.8. The summed E-state index contributed by atoms with van der Waals surface area (Å²) in [6, 6.07) is 12.8. The average Bonchev–Trinajstić information content (AvgIpc) is 3.01. The van der Waals surface area contributed by atoms with Crippen molar-refractivity contribution in [2.45, 2.75) is 39.7 Å². The second kappa shape index (κ2) is 8.80. The lowest BCUT2D eigenvalue weighted by Gasteiger charge is -2.22. The minimum absolute atomic E-state index is 0.0704. The molecule has 3 amide bonds. The van der Waals surface area contributed by atoms with Crippen molar-refractivity contribution >= 4 is 40.2 Å². The number of benzene rings is 2. The molecule has 7 heteroatoms. The fraction of sp³-hybridized carbons (Fsp3) is 0.318. The molecule has 0 radical (unpaired) electrons. The lowest BCUT2D eigenvalue weighted by molar-refractivity contribution is -0.115. The second-order valence-corrected chi connectivity index (χ2v) is 8.41. The van der Waals surface area contributed by atoms with Crippen LogP contribution in [0.1, 0.15) is 49.4 Å². The third kappa shape index (κ3) is 4.86. The molecular formula is C22H26N4O2S. The lowest BCUT2D eigenvalue weighted by Crippen LogP contribution is -2.31. The smallest absolute Gasteiger partial charge is 0.324 e. The summed E-state index contributed by atoms with van der Waals surface area (Å²) in [6.45, 7) is 8.05. The Morgan fingerprint density at radius 2 is 1.86 bits per heavy atom.